The summed E-state index contributed by atoms with van der Waals surface area (Å²) in [6, 6.07) is 10.1. The molecule has 0 radical (unpaired) electrons. The van der Waals surface area contributed by atoms with Crippen molar-refractivity contribution in [3.8, 4) is 16.3 Å². The number of benzene rings is 2. The first-order valence-corrected chi connectivity index (χ1v) is 12.5. The van der Waals surface area contributed by atoms with E-state index >= 15 is 0 Å². The number of rotatable bonds is 9. The minimum absolute atomic E-state index is 0.0240. The molecule has 4 nitrogen and oxygen atoms in total. The van der Waals surface area contributed by atoms with E-state index in [-0.39, 0.29) is 23.9 Å². The predicted molar refractivity (Wildman–Crippen MR) is 136 cm³/mol. The standard InChI is InChI=1S/C28H30F3NO3S/c1-16(2)25-24(36-26(32-25)19-7-9-20(10-8-19)28(29,30)31)14-13-23(34)22-12-11-21(15-17(22)3)35-27(5,6)18(4)33/h7-12,15-16H,13-14H2,1-6H3. The Kier molecular flexibility index (Phi) is 8.08. The van der Waals surface area contributed by atoms with E-state index < -0.39 is 17.3 Å². The fraction of sp³-hybridized carbons (Fsp3) is 0.393. The Balaban J connectivity index is 1.76. The number of alkyl halides is 3. The fourth-order valence-corrected chi connectivity index (χ4v) is 4.88. The van der Waals surface area contributed by atoms with Crippen LogP contribution in [0.5, 0.6) is 5.75 Å². The number of carbonyl (C=O) groups is 2. The first kappa shape index (κ1) is 27.6. The minimum atomic E-state index is -4.39. The summed E-state index contributed by atoms with van der Waals surface area (Å²) in [5.74, 6) is 0.512. The molecule has 0 aliphatic carbocycles. The molecule has 0 spiro atoms. The predicted octanol–water partition coefficient (Wildman–Crippen LogP) is 7.82. The van der Waals surface area contributed by atoms with Crippen LogP contribution in [0, 0.1) is 6.92 Å². The lowest BCUT2D eigenvalue weighted by Gasteiger charge is -2.23. The van der Waals surface area contributed by atoms with E-state index in [4.69, 9.17) is 4.74 Å². The average molecular weight is 518 g/mol. The smallest absolute Gasteiger partial charge is 0.416 e. The molecule has 0 unspecified atom stereocenters. The first-order chi connectivity index (χ1) is 16.7. The molecular weight excluding hydrogens is 487 g/mol. The van der Waals surface area contributed by atoms with Crippen LogP contribution in [0.1, 0.15) is 79.0 Å². The van der Waals surface area contributed by atoms with Crippen molar-refractivity contribution < 1.29 is 27.5 Å². The Bertz CT molecular complexity index is 1260. The molecule has 192 valence electrons. The SMILES string of the molecule is CC(=O)C(C)(C)Oc1ccc(C(=O)CCc2sc(-c3ccc(C(F)(F)F)cc3)nc2C(C)C)c(C)c1. The summed E-state index contributed by atoms with van der Waals surface area (Å²) in [5.41, 5.74) is 1.16. The van der Waals surface area contributed by atoms with Crippen LogP contribution in [0.2, 0.25) is 0 Å². The zero-order valence-corrected chi connectivity index (χ0v) is 22.1. The Morgan fingerprint density at radius 1 is 1.06 bits per heavy atom. The first-order valence-electron chi connectivity index (χ1n) is 11.7. The molecule has 1 heterocycles. The van der Waals surface area contributed by atoms with E-state index in [0.29, 0.717) is 28.3 Å². The van der Waals surface area contributed by atoms with Crippen molar-refractivity contribution in [3.05, 3.63) is 69.7 Å². The number of ether oxygens (including phenoxy) is 1. The van der Waals surface area contributed by atoms with Crippen LogP contribution in [-0.2, 0) is 17.4 Å². The van der Waals surface area contributed by atoms with Crippen LogP contribution in [0.4, 0.5) is 13.2 Å². The van der Waals surface area contributed by atoms with E-state index in [0.717, 1.165) is 28.3 Å². The molecule has 3 rings (SSSR count). The maximum atomic E-state index is 13.0. The number of carbonyl (C=O) groups excluding carboxylic acids is 2. The van der Waals surface area contributed by atoms with Gasteiger partial charge in [-0.3, -0.25) is 9.59 Å². The summed E-state index contributed by atoms with van der Waals surface area (Å²) < 4.78 is 44.5. The molecule has 1 aromatic heterocycles. The Hall–Kier alpha value is -3.00. The van der Waals surface area contributed by atoms with E-state index in [9.17, 15) is 22.8 Å². The number of halogens is 3. The van der Waals surface area contributed by atoms with Gasteiger partial charge in [0.05, 0.1) is 11.3 Å². The highest BCUT2D eigenvalue weighted by molar-refractivity contribution is 7.15. The van der Waals surface area contributed by atoms with Gasteiger partial charge in [0, 0.05) is 22.4 Å². The number of aromatic nitrogens is 1. The normalized spacial score (nSPS) is 12.2. The molecule has 0 amide bonds. The Labute approximate surface area is 213 Å². The summed E-state index contributed by atoms with van der Waals surface area (Å²) in [6.07, 6.45) is -3.63. The average Bonchev–Trinajstić information content (AvgIpc) is 3.21. The third-order valence-corrected chi connectivity index (χ3v) is 7.21. The summed E-state index contributed by atoms with van der Waals surface area (Å²) in [6.45, 7) is 10.7. The van der Waals surface area contributed by atoms with Gasteiger partial charge in [-0.05, 0) is 75.9 Å². The highest BCUT2D eigenvalue weighted by Crippen LogP contribution is 2.35. The number of nitrogens with zero attached hydrogens (tertiary/aromatic N) is 1. The molecule has 0 saturated carbocycles. The van der Waals surface area contributed by atoms with Crippen molar-refractivity contribution in [1.82, 2.24) is 4.98 Å². The quantitative estimate of drug-likeness (QED) is 0.272. The maximum Gasteiger partial charge on any atom is 0.416 e. The zero-order chi connectivity index (χ0) is 26.8. The monoisotopic (exact) mass is 517 g/mol. The maximum absolute atomic E-state index is 13.0. The van der Waals surface area contributed by atoms with Crippen molar-refractivity contribution in [3.63, 3.8) is 0 Å². The van der Waals surface area contributed by atoms with Gasteiger partial charge in [0.1, 0.15) is 10.8 Å². The second kappa shape index (κ2) is 10.5. The minimum Gasteiger partial charge on any atom is -0.480 e. The summed E-state index contributed by atoms with van der Waals surface area (Å²) in [4.78, 5) is 30.4. The molecule has 0 saturated heterocycles. The molecule has 3 aromatic rings. The number of ketones is 2. The van der Waals surface area contributed by atoms with Crippen LogP contribution < -0.4 is 4.74 Å². The van der Waals surface area contributed by atoms with E-state index in [2.05, 4.69) is 4.98 Å². The molecule has 0 atom stereocenters. The van der Waals surface area contributed by atoms with Gasteiger partial charge in [0.2, 0.25) is 0 Å². The third-order valence-electron chi connectivity index (χ3n) is 6.03. The van der Waals surface area contributed by atoms with Crippen LogP contribution in [-0.4, -0.2) is 22.2 Å². The highest BCUT2D eigenvalue weighted by Gasteiger charge is 2.30. The Morgan fingerprint density at radius 3 is 2.22 bits per heavy atom. The lowest BCUT2D eigenvalue weighted by atomic mass is 9.99. The van der Waals surface area contributed by atoms with Crippen molar-refractivity contribution in [2.75, 3.05) is 0 Å². The molecular formula is C28H30F3NO3S. The second-order valence-electron chi connectivity index (χ2n) is 9.63. The number of hydrogen-bond acceptors (Lipinski definition) is 5. The molecule has 2 aromatic carbocycles. The Morgan fingerprint density at radius 2 is 1.69 bits per heavy atom. The van der Waals surface area contributed by atoms with Crippen LogP contribution >= 0.6 is 11.3 Å². The zero-order valence-electron chi connectivity index (χ0n) is 21.2. The second-order valence-corrected chi connectivity index (χ2v) is 10.7. The molecule has 0 aliphatic rings. The molecule has 8 heteroatoms. The topological polar surface area (TPSA) is 56.3 Å². The van der Waals surface area contributed by atoms with Crippen LogP contribution in [0.15, 0.2) is 42.5 Å². The fourth-order valence-electron chi connectivity index (χ4n) is 3.66. The van der Waals surface area contributed by atoms with Gasteiger partial charge >= 0.3 is 6.18 Å². The largest absolute Gasteiger partial charge is 0.480 e. The summed E-state index contributed by atoms with van der Waals surface area (Å²) in [7, 11) is 0. The molecule has 0 fully saturated rings. The van der Waals surface area contributed by atoms with Gasteiger partial charge in [-0.15, -0.1) is 11.3 Å². The summed E-state index contributed by atoms with van der Waals surface area (Å²) in [5, 5.41) is 0.639. The number of Topliss-reactive ketones (excluding diaryl/α,β-unsaturated/α-hetero) is 2. The van der Waals surface area contributed by atoms with Crippen molar-refractivity contribution >= 4 is 22.9 Å². The molecule has 0 aliphatic heterocycles. The molecule has 0 bridgehead atoms. The van der Waals surface area contributed by atoms with E-state index in [1.54, 1.807) is 32.0 Å². The molecule has 0 N–H and O–H groups in total. The third kappa shape index (κ3) is 6.40. The van der Waals surface area contributed by atoms with Gasteiger partial charge in [0.15, 0.2) is 17.2 Å². The van der Waals surface area contributed by atoms with Crippen molar-refractivity contribution in [1.29, 1.82) is 0 Å². The van der Waals surface area contributed by atoms with Crippen molar-refractivity contribution in [2.24, 2.45) is 0 Å². The van der Waals surface area contributed by atoms with Gasteiger partial charge in [0.25, 0.3) is 0 Å². The number of aryl methyl sites for hydroxylation is 2. The number of hydrogen-bond donors (Lipinski definition) is 0. The van der Waals surface area contributed by atoms with Crippen LogP contribution in [0.3, 0.4) is 0 Å². The highest BCUT2D eigenvalue weighted by atomic mass is 32.1. The van der Waals surface area contributed by atoms with E-state index in [1.807, 2.05) is 20.8 Å². The van der Waals surface area contributed by atoms with Gasteiger partial charge < -0.3 is 4.74 Å². The van der Waals surface area contributed by atoms with Gasteiger partial charge in [-0.2, -0.15) is 13.2 Å². The number of thiazole rings is 1. The van der Waals surface area contributed by atoms with Crippen LogP contribution in [0.25, 0.3) is 10.6 Å². The summed E-state index contributed by atoms with van der Waals surface area (Å²) >= 11 is 1.41. The van der Waals surface area contributed by atoms with Gasteiger partial charge in [-0.25, -0.2) is 4.98 Å². The molecule has 36 heavy (non-hydrogen) atoms. The van der Waals surface area contributed by atoms with Gasteiger partial charge in [-0.1, -0.05) is 26.0 Å². The lowest BCUT2D eigenvalue weighted by Crippen LogP contribution is -2.36. The van der Waals surface area contributed by atoms with Crippen molar-refractivity contribution in [2.45, 2.75) is 72.1 Å². The lowest BCUT2D eigenvalue weighted by molar-refractivity contribution is -0.137. The van der Waals surface area contributed by atoms with E-state index in [1.165, 1.54) is 30.4 Å².